The first-order valence-electron chi connectivity index (χ1n) is 13.4. The Morgan fingerprint density at radius 2 is 1.00 bits per heavy atom. The van der Waals surface area contributed by atoms with E-state index < -0.39 is 0 Å². The van der Waals surface area contributed by atoms with Crippen LogP contribution in [0.25, 0.3) is 0 Å². The van der Waals surface area contributed by atoms with Gasteiger partial charge in [-0.25, -0.2) is 0 Å². The molecule has 0 spiro atoms. The summed E-state index contributed by atoms with van der Waals surface area (Å²) in [7, 11) is 0. The van der Waals surface area contributed by atoms with Gasteiger partial charge in [-0.2, -0.15) is 73.2 Å². The molecule has 0 bridgehead atoms. The van der Waals surface area contributed by atoms with Crippen molar-refractivity contribution in [2.45, 2.75) is 65.0 Å². The zero-order valence-corrected chi connectivity index (χ0v) is 35.2. The molecule has 0 nitrogen and oxygen atoms in total. The molecule has 40 heavy (non-hydrogen) atoms. The van der Waals surface area contributed by atoms with Crippen LogP contribution in [-0.4, -0.2) is 104 Å². The van der Waals surface area contributed by atoms with Crippen molar-refractivity contribution in [3.63, 3.8) is 0 Å². The van der Waals surface area contributed by atoms with Gasteiger partial charge < -0.3 is 0 Å². The number of thioether (sulfide) groups is 9. The first-order chi connectivity index (χ1) is 18.8. The lowest BCUT2D eigenvalue weighted by Crippen LogP contribution is -2.32. The molecule has 0 aromatic rings. The van der Waals surface area contributed by atoms with Crippen LogP contribution in [0.3, 0.4) is 0 Å². The highest BCUT2D eigenvalue weighted by Gasteiger charge is 2.37. The number of halogens is 2. The Labute approximate surface area is 314 Å². The minimum Gasteiger partial charge on any atom is -0.179 e. The molecule has 14 heteroatoms. The van der Waals surface area contributed by atoms with E-state index in [1.807, 2.05) is 58.8 Å². The van der Waals surface area contributed by atoms with Gasteiger partial charge in [0.2, 0.25) is 0 Å². The van der Waals surface area contributed by atoms with Crippen molar-refractivity contribution in [1.29, 1.82) is 0 Å². The largest absolute Gasteiger partial charge is 0.179 e. The van der Waals surface area contributed by atoms with Gasteiger partial charge in [-0.15, -0.1) is 93.8 Å². The molecule has 0 aromatic carbocycles. The van der Waals surface area contributed by atoms with Crippen molar-refractivity contribution >= 4 is 167 Å². The van der Waals surface area contributed by atoms with Gasteiger partial charge in [-0.1, -0.05) is 14.4 Å². The monoisotopic (exact) mass is 820 g/mol. The van der Waals surface area contributed by atoms with Crippen LogP contribution in [0.4, 0.5) is 0 Å². The lowest BCUT2D eigenvalue weighted by Gasteiger charge is -2.38. The molecular formula is C26H54Cl2S12. The Morgan fingerprint density at radius 1 is 0.625 bits per heavy atom. The number of thiol groups is 3. The minimum atomic E-state index is -0.247. The zero-order valence-electron chi connectivity index (χ0n) is 23.7. The molecule has 0 aromatic heterocycles. The fourth-order valence-corrected chi connectivity index (χ4v) is 16.9. The first kappa shape index (κ1) is 46.9. The minimum absolute atomic E-state index is 0. The van der Waals surface area contributed by atoms with E-state index in [0.29, 0.717) is 4.08 Å². The molecule has 2 saturated heterocycles. The molecule has 0 amide bonds. The van der Waals surface area contributed by atoms with E-state index in [9.17, 15) is 0 Å². The molecule has 0 N–H and O–H groups in total. The second-order valence-corrected chi connectivity index (χ2v) is 24.0. The maximum Gasteiger partial charge on any atom is 0.131 e. The number of rotatable bonds is 18. The molecule has 0 atom stereocenters. The molecule has 244 valence electrons. The summed E-state index contributed by atoms with van der Waals surface area (Å²) in [5.74, 6) is 18.0. The highest BCUT2D eigenvalue weighted by atomic mass is 35.5. The van der Waals surface area contributed by atoms with Crippen molar-refractivity contribution in [3.05, 3.63) is 0 Å². The van der Waals surface area contributed by atoms with E-state index in [0.717, 1.165) is 21.8 Å². The second kappa shape index (κ2) is 32.3. The van der Waals surface area contributed by atoms with Gasteiger partial charge in [0.1, 0.15) is 4.84 Å². The molecule has 0 unspecified atom stereocenters. The molecule has 2 aliphatic heterocycles. The molecular weight excluding hydrogens is 768 g/mol. The highest BCUT2D eigenvalue weighted by Crippen LogP contribution is 2.52. The third kappa shape index (κ3) is 24.9. The quantitative estimate of drug-likeness (QED) is 0.0531. The summed E-state index contributed by atoms with van der Waals surface area (Å²) in [4.78, 5) is -0.247. The van der Waals surface area contributed by atoms with Crippen LogP contribution in [0, 0.1) is 0 Å². The summed E-state index contributed by atoms with van der Waals surface area (Å²) < 4.78 is 1.16. The van der Waals surface area contributed by atoms with Gasteiger partial charge in [0.15, 0.2) is 0 Å². The first-order valence-corrected chi connectivity index (χ1v) is 25.7. The maximum atomic E-state index is 5.82. The Morgan fingerprint density at radius 3 is 1.32 bits per heavy atom. The van der Waals surface area contributed by atoms with Crippen LogP contribution in [0.5, 0.6) is 0 Å². The van der Waals surface area contributed by atoms with E-state index in [1.54, 1.807) is 0 Å². The third-order valence-electron chi connectivity index (χ3n) is 5.01. The fraction of sp³-hybridized carbons (Fsp3) is 1.00. The molecule has 0 saturated carbocycles. The van der Waals surface area contributed by atoms with Gasteiger partial charge in [-0.05, 0) is 79.1 Å². The van der Waals surface area contributed by atoms with Gasteiger partial charge in [-0.3, -0.25) is 0 Å². The Kier molecular flexibility index (Phi) is 37.9. The average Bonchev–Trinajstić information content (AvgIpc) is 2.93. The summed E-state index contributed by atoms with van der Waals surface area (Å²) in [6, 6.07) is 0. The van der Waals surface area contributed by atoms with Crippen LogP contribution in [0.15, 0.2) is 0 Å². The number of alkyl halides is 2. The van der Waals surface area contributed by atoms with Crippen molar-refractivity contribution in [2.24, 2.45) is 0 Å². The highest BCUT2D eigenvalue weighted by molar-refractivity contribution is 8.25. The van der Waals surface area contributed by atoms with Crippen LogP contribution >= 0.6 is 167 Å². The van der Waals surface area contributed by atoms with E-state index in [-0.39, 0.29) is 16.3 Å². The van der Waals surface area contributed by atoms with Crippen LogP contribution in [0.1, 0.15) is 47.5 Å². The SMILES string of the molecule is C.CC1(C(Cl)Cl)SCCCS1.CC1(C(SCCSCCS)SCCSCCS)SCCCS1.CCCSCCS. The van der Waals surface area contributed by atoms with Gasteiger partial charge >= 0.3 is 0 Å². The molecule has 0 radical (unpaired) electrons. The Bertz CT molecular complexity index is 504. The van der Waals surface area contributed by atoms with Crippen molar-refractivity contribution in [2.75, 3.05) is 86.3 Å². The second-order valence-electron chi connectivity index (χ2n) is 8.52. The molecule has 2 heterocycles. The Balaban J connectivity index is 0. The normalized spacial score (nSPS) is 17.9. The topological polar surface area (TPSA) is 0 Å². The van der Waals surface area contributed by atoms with Crippen molar-refractivity contribution in [1.82, 2.24) is 0 Å². The standard InChI is InChI=1S/C14H28S8.C6H10Cl2S2.C5H12S2.CH4/c1-14(21-5-2-6-22-14)13(19-11-9-17-7-3-15)20-12-10-18-8-4-16;1-6(5(7)8)9-3-2-4-10-6;1-2-4-7-5-3-6;/h13,15-16H,2-12H2,1H3;5H,2-4H2,1H3;6H,2-5H2,1H3;1H4. The summed E-state index contributed by atoms with van der Waals surface area (Å²) >= 11 is 42.9. The number of hydrogen-bond donors (Lipinski definition) is 3. The van der Waals surface area contributed by atoms with Gasteiger partial charge in [0.25, 0.3) is 0 Å². The predicted octanol–water partition coefficient (Wildman–Crippen LogP) is 11.8. The lowest BCUT2D eigenvalue weighted by molar-refractivity contribution is 0.945. The van der Waals surface area contributed by atoms with Gasteiger partial charge in [0, 0.05) is 40.3 Å². The van der Waals surface area contributed by atoms with E-state index in [1.165, 1.54) is 88.3 Å². The maximum absolute atomic E-state index is 5.82. The number of hydrogen-bond acceptors (Lipinski definition) is 12. The fourth-order valence-electron chi connectivity index (χ4n) is 2.99. The third-order valence-corrected chi connectivity index (χ3v) is 22.1. The van der Waals surface area contributed by atoms with E-state index in [4.69, 9.17) is 23.2 Å². The average molecular weight is 822 g/mol. The van der Waals surface area contributed by atoms with E-state index >= 15 is 0 Å². The summed E-state index contributed by atoms with van der Waals surface area (Å²) in [5, 5.41) is 0. The van der Waals surface area contributed by atoms with Crippen LogP contribution in [-0.2, 0) is 0 Å². The van der Waals surface area contributed by atoms with Gasteiger partial charge in [0.05, 0.1) is 12.7 Å². The molecule has 2 rings (SSSR count). The molecule has 2 aliphatic rings. The summed E-state index contributed by atoms with van der Waals surface area (Å²) in [6.45, 7) is 6.80. The van der Waals surface area contributed by atoms with Crippen LogP contribution < -0.4 is 0 Å². The smallest absolute Gasteiger partial charge is 0.131 e. The van der Waals surface area contributed by atoms with Crippen molar-refractivity contribution < 1.29 is 0 Å². The zero-order chi connectivity index (χ0) is 29.2. The molecule has 2 fully saturated rings. The van der Waals surface area contributed by atoms with Crippen molar-refractivity contribution in [3.8, 4) is 0 Å². The predicted molar refractivity (Wildman–Crippen MR) is 231 cm³/mol. The van der Waals surface area contributed by atoms with E-state index in [2.05, 4.69) is 106 Å². The molecule has 0 aliphatic carbocycles. The summed E-state index contributed by atoms with van der Waals surface area (Å²) in [6.07, 6.45) is 3.95. The summed E-state index contributed by atoms with van der Waals surface area (Å²) in [5.41, 5.74) is 0. The Hall–Kier alpha value is 4.78. The van der Waals surface area contributed by atoms with Crippen LogP contribution in [0.2, 0.25) is 0 Å². The lowest BCUT2D eigenvalue weighted by atomic mass is 10.5.